The van der Waals surface area contributed by atoms with Crippen LogP contribution in [0.4, 0.5) is 0 Å². The molecule has 0 N–H and O–H groups in total. The molecule has 6 heterocycles. The van der Waals surface area contributed by atoms with Crippen LogP contribution < -0.4 is 0 Å². The maximum atomic E-state index is 5.07. The summed E-state index contributed by atoms with van der Waals surface area (Å²) in [6.07, 6.45) is 3.63. The van der Waals surface area contributed by atoms with Gasteiger partial charge in [-0.25, -0.2) is 4.98 Å². The molecule has 6 heteroatoms. The average Bonchev–Trinajstić information content (AvgIpc) is 3.94. The summed E-state index contributed by atoms with van der Waals surface area (Å²) in [6, 6.07) is 62.8. The SMILES string of the molecule is c1ccc(-n2c3ccccc3c3cc(-c4ccc5c(c4)c4ccccc4n5-c4cc(-c5ccccn5)nc(-c5ccccn5)c4)c4sc5ccccc5c4c32)cc1. The molecule has 0 saturated heterocycles. The van der Waals surface area contributed by atoms with Crippen molar-refractivity contribution in [2.24, 2.45) is 0 Å². The van der Waals surface area contributed by atoms with Crippen LogP contribution in [0.1, 0.15) is 0 Å². The molecule has 266 valence electrons. The van der Waals surface area contributed by atoms with E-state index in [-0.39, 0.29) is 0 Å². The van der Waals surface area contributed by atoms with Crippen LogP contribution in [0.25, 0.3) is 109 Å². The minimum absolute atomic E-state index is 0.798. The molecule has 0 aliphatic rings. The van der Waals surface area contributed by atoms with Gasteiger partial charge in [-0.05, 0) is 90.5 Å². The van der Waals surface area contributed by atoms with E-state index in [1.54, 1.807) is 0 Å². The van der Waals surface area contributed by atoms with E-state index in [2.05, 4.69) is 159 Å². The predicted molar refractivity (Wildman–Crippen MR) is 238 cm³/mol. The number of para-hydroxylation sites is 3. The van der Waals surface area contributed by atoms with E-state index in [9.17, 15) is 0 Å². The lowest BCUT2D eigenvalue weighted by molar-refractivity contribution is 1.14. The highest BCUT2D eigenvalue weighted by molar-refractivity contribution is 7.26. The third-order valence-corrected chi connectivity index (χ3v) is 12.4. The molecule has 0 aliphatic heterocycles. The lowest BCUT2D eigenvalue weighted by Crippen LogP contribution is -1.99. The average molecular weight is 746 g/mol. The van der Waals surface area contributed by atoms with Crippen LogP contribution in [0.5, 0.6) is 0 Å². The zero-order valence-electron chi connectivity index (χ0n) is 30.5. The van der Waals surface area contributed by atoms with Gasteiger partial charge in [-0.3, -0.25) is 9.97 Å². The van der Waals surface area contributed by atoms with Crippen molar-refractivity contribution < 1.29 is 0 Å². The van der Waals surface area contributed by atoms with Crippen LogP contribution in [0.15, 0.2) is 188 Å². The van der Waals surface area contributed by atoms with Gasteiger partial charge in [-0.2, -0.15) is 0 Å². The largest absolute Gasteiger partial charge is 0.309 e. The second-order valence-electron chi connectivity index (χ2n) is 14.4. The first-order valence-corrected chi connectivity index (χ1v) is 19.9. The van der Waals surface area contributed by atoms with Gasteiger partial charge in [0.05, 0.1) is 50.5 Å². The zero-order valence-corrected chi connectivity index (χ0v) is 31.4. The van der Waals surface area contributed by atoms with E-state index in [4.69, 9.17) is 4.98 Å². The van der Waals surface area contributed by atoms with Crippen LogP contribution in [0.2, 0.25) is 0 Å². The van der Waals surface area contributed by atoms with Crippen LogP contribution >= 0.6 is 11.3 Å². The summed E-state index contributed by atoms with van der Waals surface area (Å²) < 4.78 is 7.40. The summed E-state index contributed by atoms with van der Waals surface area (Å²) >= 11 is 1.88. The molecular formula is C51H31N5S. The Morgan fingerprint density at radius 1 is 0.404 bits per heavy atom. The Labute approximate surface area is 331 Å². The topological polar surface area (TPSA) is 48.5 Å². The third-order valence-electron chi connectivity index (χ3n) is 11.2. The minimum atomic E-state index is 0.798. The first-order chi connectivity index (χ1) is 28.3. The number of fused-ring (bicyclic) bond motifs is 10. The van der Waals surface area contributed by atoms with Crippen molar-refractivity contribution in [1.82, 2.24) is 24.1 Å². The third kappa shape index (κ3) is 4.91. The normalized spacial score (nSPS) is 11.9. The number of hydrogen-bond acceptors (Lipinski definition) is 4. The molecule has 57 heavy (non-hydrogen) atoms. The number of thiophene rings is 1. The second-order valence-corrected chi connectivity index (χ2v) is 15.5. The van der Waals surface area contributed by atoms with Crippen LogP contribution in [0, 0.1) is 0 Å². The highest BCUT2D eigenvalue weighted by Gasteiger charge is 2.23. The molecule has 0 unspecified atom stereocenters. The zero-order chi connectivity index (χ0) is 37.5. The van der Waals surface area contributed by atoms with Gasteiger partial charge in [0.25, 0.3) is 0 Å². The molecule has 0 amide bonds. The summed E-state index contributed by atoms with van der Waals surface area (Å²) in [5.41, 5.74) is 12.5. The van der Waals surface area contributed by atoms with Crippen LogP contribution in [-0.2, 0) is 0 Å². The second kappa shape index (κ2) is 12.6. The van der Waals surface area contributed by atoms with Crippen LogP contribution in [0.3, 0.4) is 0 Å². The fourth-order valence-corrected chi connectivity index (χ4v) is 9.99. The van der Waals surface area contributed by atoms with E-state index in [0.717, 1.165) is 45.2 Å². The molecule has 6 aromatic carbocycles. The fourth-order valence-electron chi connectivity index (χ4n) is 8.75. The number of nitrogens with zero attached hydrogens (tertiary/aromatic N) is 5. The Morgan fingerprint density at radius 2 is 1.00 bits per heavy atom. The van der Waals surface area contributed by atoms with E-state index in [0.29, 0.717) is 0 Å². The number of rotatable bonds is 5. The van der Waals surface area contributed by atoms with Gasteiger partial charge in [0.15, 0.2) is 0 Å². The smallest absolute Gasteiger partial charge is 0.0915 e. The van der Waals surface area contributed by atoms with Crippen molar-refractivity contribution in [3.63, 3.8) is 0 Å². The first kappa shape index (κ1) is 31.9. The Balaban J connectivity index is 1.14. The molecule has 5 nitrogen and oxygen atoms in total. The van der Waals surface area contributed by atoms with Crippen molar-refractivity contribution in [3.05, 3.63) is 188 Å². The molecular weight excluding hydrogens is 715 g/mol. The Morgan fingerprint density at radius 3 is 1.70 bits per heavy atom. The lowest BCUT2D eigenvalue weighted by Gasteiger charge is -2.13. The number of aromatic nitrogens is 5. The molecule has 6 aromatic heterocycles. The molecule has 0 saturated carbocycles. The minimum Gasteiger partial charge on any atom is -0.309 e. The van der Waals surface area contributed by atoms with E-state index >= 15 is 0 Å². The van der Waals surface area contributed by atoms with Crippen molar-refractivity contribution in [3.8, 4) is 45.3 Å². The summed E-state index contributed by atoms with van der Waals surface area (Å²) in [4.78, 5) is 14.4. The molecule has 0 spiro atoms. The summed E-state index contributed by atoms with van der Waals surface area (Å²) in [5.74, 6) is 0. The van der Waals surface area contributed by atoms with Crippen molar-refractivity contribution in [1.29, 1.82) is 0 Å². The lowest BCUT2D eigenvalue weighted by atomic mass is 9.97. The quantitative estimate of drug-likeness (QED) is 0.176. The molecule has 12 rings (SSSR count). The molecule has 0 radical (unpaired) electrons. The van der Waals surface area contributed by atoms with Gasteiger partial charge in [0.1, 0.15) is 0 Å². The Bertz CT molecular complexity index is 3450. The standard InChI is InChI=1S/C51H31N5S/c1-2-14-33(15-3-1)56-46-22-8-5-17-36(46)40-31-38(51-49(50(40)56)37-18-6-9-23-48(37)57-51)32-24-25-47-39(28-32)35-16-4-7-21-45(35)55(47)34-29-43(41-19-10-12-26-52-41)54-44(30-34)42-20-11-13-27-53-42/h1-31H. The number of hydrogen-bond donors (Lipinski definition) is 0. The van der Waals surface area contributed by atoms with Crippen molar-refractivity contribution in [2.75, 3.05) is 0 Å². The Hall–Kier alpha value is -7.41. The summed E-state index contributed by atoms with van der Waals surface area (Å²) in [5, 5.41) is 7.47. The van der Waals surface area contributed by atoms with Gasteiger partial charge in [0, 0.05) is 65.4 Å². The van der Waals surface area contributed by atoms with Gasteiger partial charge in [0.2, 0.25) is 0 Å². The van der Waals surface area contributed by atoms with E-state index < -0.39 is 0 Å². The van der Waals surface area contributed by atoms with E-state index in [1.165, 1.54) is 63.9 Å². The van der Waals surface area contributed by atoms with Crippen molar-refractivity contribution >= 4 is 75.1 Å². The molecule has 0 atom stereocenters. The first-order valence-electron chi connectivity index (χ1n) is 19.1. The molecule has 12 aromatic rings. The summed E-state index contributed by atoms with van der Waals surface area (Å²) in [7, 11) is 0. The maximum Gasteiger partial charge on any atom is 0.0915 e. The number of pyridine rings is 3. The Kier molecular flexibility index (Phi) is 7.03. The van der Waals surface area contributed by atoms with Crippen molar-refractivity contribution in [2.45, 2.75) is 0 Å². The van der Waals surface area contributed by atoms with Gasteiger partial charge in [-0.15, -0.1) is 11.3 Å². The predicted octanol–water partition coefficient (Wildman–Crippen LogP) is 13.4. The maximum absolute atomic E-state index is 5.07. The molecule has 0 aliphatic carbocycles. The van der Waals surface area contributed by atoms with Gasteiger partial charge < -0.3 is 9.13 Å². The highest BCUT2D eigenvalue weighted by atomic mass is 32.1. The van der Waals surface area contributed by atoms with Gasteiger partial charge in [-0.1, -0.05) is 91.0 Å². The molecule has 0 fully saturated rings. The fraction of sp³-hybridized carbons (Fsp3) is 0. The highest BCUT2D eigenvalue weighted by Crippen LogP contribution is 2.48. The summed E-state index contributed by atoms with van der Waals surface area (Å²) in [6.45, 7) is 0. The van der Waals surface area contributed by atoms with Gasteiger partial charge >= 0.3 is 0 Å². The van der Waals surface area contributed by atoms with Crippen LogP contribution in [-0.4, -0.2) is 24.1 Å². The molecule has 0 bridgehead atoms. The monoisotopic (exact) mass is 745 g/mol. The number of benzene rings is 6. The van der Waals surface area contributed by atoms with E-state index in [1.807, 2.05) is 60.1 Å².